The Morgan fingerprint density at radius 2 is 1.67 bits per heavy atom. The van der Waals surface area contributed by atoms with Crippen LogP contribution in [0, 0.1) is 5.82 Å². The molecule has 2 aromatic carbocycles. The molecule has 5 heteroatoms. The van der Waals surface area contributed by atoms with E-state index in [-0.39, 0.29) is 5.82 Å². The summed E-state index contributed by atoms with van der Waals surface area (Å²) < 4.78 is 13.7. The first-order valence-corrected chi connectivity index (χ1v) is 8.27. The van der Waals surface area contributed by atoms with Crippen molar-refractivity contribution in [3.63, 3.8) is 0 Å². The first kappa shape index (κ1) is 16.9. The molecule has 1 fully saturated rings. The molecule has 2 aromatic rings. The predicted molar refractivity (Wildman–Crippen MR) is 91.2 cm³/mol. The molecule has 1 saturated heterocycles. The van der Waals surface area contributed by atoms with Gasteiger partial charge in [-0.2, -0.15) is 0 Å². The lowest BCUT2D eigenvalue weighted by atomic mass is 10.1. The van der Waals surface area contributed by atoms with Gasteiger partial charge in [0.05, 0.1) is 6.10 Å². The van der Waals surface area contributed by atoms with Crippen LogP contribution >= 0.6 is 0 Å². The molecule has 1 aliphatic rings. The molecule has 0 aliphatic carbocycles. The summed E-state index contributed by atoms with van der Waals surface area (Å²) in [6.07, 6.45) is -0.802. The SMILES string of the molecule is Oc1cccc(CN2CCN(CC(O)c3ccccc3F)CC2)c1. The highest BCUT2D eigenvalue weighted by Crippen LogP contribution is 2.19. The Morgan fingerprint density at radius 3 is 2.38 bits per heavy atom. The Kier molecular flexibility index (Phi) is 5.45. The standard InChI is InChI=1S/C19H23FN2O2/c20-18-7-2-1-6-17(18)19(24)14-22-10-8-21(9-11-22)13-15-4-3-5-16(23)12-15/h1-7,12,19,23-24H,8-11,13-14H2. The minimum atomic E-state index is -0.802. The monoisotopic (exact) mass is 330 g/mol. The Hall–Kier alpha value is -1.95. The van der Waals surface area contributed by atoms with Gasteiger partial charge in [-0.25, -0.2) is 4.39 Å². The second kappa shape index (κ2) is 7.75. The maximum Gasteiger partial charge on any atom is 0.129 e. The smallest absolute Gasteiger partial charge is 0.129 e. The van der Waals surface area contributed by atoms with E-state index in [0.29, 0.717) is 17.9 Å². The minimum Gasteiger partial charge on any atom is -0.508 e. The number of hydrogen-bond donors (Lipinski definition) is 2. The fraction of sp³-hybridized carbons (Fsp3) is 0.368. The predicted octanol–water partition coefficient (Wildman–Crippen LogP) is 2.38. The number of benzene rings is 2. The van der Waals surface area contributed by atoms with Gasteiger partial charge in [-0.3, -0.25) is 9.80 Å². The number of hydrogen-bond acceptors (Lipinski definition) is 4. The number of halogens is 1. The molecule has 0 saturated carbocycles. The summed E-state index contributed by atoms with van der Waals surface area (Å²) >= 11 is 0. The van der Waals surface area contributed by atoms with Crippen molar-refractivity contribution in [2.24, 2.45) is 0 Å². The highest BCUT2D eigenvalue weighted by atomic mass is 19.1. The molecule has 0 spiro atoms. The minimum absolute atomic E-state index is 0.291. The Morgan fingerprint density at radius 1 is 0.958 bits per heavy atom. The van der Waals surface area contributed by atoms with E-state index in [1.54, 1.807) is 30.3 Å². The summed E-state index contributed by atoms with van der Waals surface area (Å²) in [5.74, 6) is -0.0633. The molecule has 1 unspecified atom stereocenters. The number of aliphatic hydroxyl groups excluding tert-OH is 1. The molecule has 2 N–H and O–H groups in total. The summed E-state index contributed by atoms with van der Waals surface area (Å²) in [7, 11) is 0. The van der Waals surface area contributed by atoms with Crippen LogP contribution in [0.25, 0.3) is 0 Å². The van der Waals surface area contributed by atoms with Crippen molar-refractivity contribution >= 4 is 0 Å². The number of phenols is 1. The summed E-state index contributed by atoms with van der Waals surface area (Å²) in [6, 6.07) is 13.7. The molecule has 1 atom stereocenters. The number of phenolic OH excluding ortho intramolecular Hbond substituents is 1. The normalized spacial score (nSPS) is 17.8. The number of β-amino-alcohol motifs (C(OH)–C–C–N with tert-alkyl or cyclic N) is 1. The average Bonchev–Trinajstić information content (AvgIpc) is 2.57. The van der Waals surface area contributed by atoms with Gasteiger partial charge in [0.15, 0.2) is 0 Å². The fourth-order valence-corrected chi connectivity index (χ4v) is 3.13. The highest BCUT2D eigenvalue weighted by Gasteiger charge is 2.21. The molecule has 0 radical (unpaired) electrons. The van der Waals surface area contributed by atoms with Gasteiger partial charge in [-0.1, -0.05) is 30.3 Å². The lowest BCUT2D eigenvalue weighted by Crippen LogP contribution is -2.47. The maximum atomic E-state index is 13.7. The van der Waals surface area contributed by atoms with Crippen molar-refractivity contribution in [2.75, 3.05) is 32.7 Å². The zero-order valence-corrected chi connectivity index (χ0v) is 13.6. The largest absolute Gasteiger partial charge is 0.508 e. The molecule has 4 nitrogen and oxygen atoms in total. The van der Waals surface area contributed by atoms with Crippen molar-refractivity contribution in [3.05, 3.63) is 65.5 Å². The topological polar surface area (TPSA) is 46.9 Å². The first-order valence-electron chi connectivity index (χ1n) is 8.27. The van der Waals surface area contributed by atoms with Crippen molar-refractivity contribution in [3.8, 4) is 5.75 Å². The van der Waals surface area contributed by atoms with Crippen LogP contribution in [0.4, 0.5) is 4.39 Å². The molecule has 128 valence electrons. The summed E-state index contributed by atoms with van der Waals surface area (Å²) in [5.41, 5.74) is 1.45. The first-order chi connectivity index (χ1) is 11.6. The quantitative estimate of drug-likeness (QED) is 0.884. The van der Waals surface area contributed by atoms with Crippen molar-refractivity contribution < 1.29 is 14.6 Å². The summed E-state index contributed by atoms with van der Waals surface area (Å²) in [4.78, 5) is 4.48. The molecule has 24 heavy (non-hydrogen) atoms. The Balaban J connectivity index is 1.49. The van der Waals surface area contributed by atoms with Crippen LogP contribution in [0.5, 0.6) is 5.75 Å². The molecule has 3 rings (SSSR count). The van der Waals surface area contributed by atoms with Crippen LogP contribution in [-0.2, 0) is 6.54 Å². The van der Waals surface area contributed by atoms with Crippen LogP contribution in [-0.4, -0.2) is 52.7 Å². The van der Waals surface area contributed by atoms with Crippen LogP contribution in [0.3, 0.4) is 0 Å². The van der Waals surface area contributed by atoms with E-state index < -0.39 is 6.10 Å². The van der Waals surface area contributed by atoms with E-state index in [0.717, 1.165) is 38.3 Å². The van der Waals surface area contributed by atoms with E-state index in [4.69, 9.17) is 0 Å². The van der Waals surface area contributed by atoms with Crippen molar-refractivity contribution in [1.29, 1.82) is 0 Å². The average molecular weight is 330 g/mol. The van der Waals surface area contributed by atoms with Gasteiger partial charge >= 0.3 is 0 Å². The van der Waals surface area contributed by atoms with Gasteiger partial charge in [0.2, 0.25) is 0 Å². The lowest BCUT2D eigenvalue weighted by Gasteiger charge is -2.35. The van der Waals surface area contributed by atoms with Crippen LogP contribution < -0.4 is 0 Å². The number of rotatable bonds is 5. The molecule has 0 amide bonds. The summed E-state index contributed by atoms with van der Waals surface area (Å²) in [6.45, 7) is 4.70. The third-order valence-electron chi connectivity index (χ3n) is 4.48. The van der Waals surface area contributed by atoms with Crippen molar-refractivity contribution in [1.82, 2.24) is 9.80 Å². The lowest BCUT2D eigenvalue weighted by molar-refractivity contribution is 0.0685. The summed E-state index contributed by atoms with van der Waals surface area (Å²) in [5, 5.41) is 19.8. The van der Waals surface area contributed by atoms with Gasteiger partial charge in [0.25, 0.3) is 0 Å². The van der Waals surface area contributed by atoms with Gasteiger partial charge in [0, 0.05) is 44.8 Å². The molecule has 0 bridgehead atoms. The highest BCUT2D eigenvalue weighted by molar-refractivity contribution is 5.27. The zero-order chi connectivity index (χ0) is 16.9. The van der Waals surface area contributed by atoms with Crippen LogP contribution in [0.15, 0.2) is 48.5 Å². The van der Waals surface area contributed by atoms with Crippen LogP contribution in [0.1, 0.15) is 17.2 Å². The van der Waals surface area contributed by atoms with E-state index >= 15 is 0 Å². The molecule has 1 heterocycles. The third kappa shape index (κ3) is 4.32. The number of piperazine rings is 1. The van der Waals surface area contributed by atoms with Gasteiger partial charge < -0.3 is 10.2 Å². The van der Waals surface area contributed by atoms with Crippen LogP contribution in [0.2, 0.25) is 0 Å². The van der Waals surface area contributed by atoms with Crippen molar-refractivity contribution in [2.45, 2.75) is 12.6 Å². The van der Waals surface area contributed by atoms with Gasteiger partial charge in [-0.15, -0.1) is 0 Å². The second-order valence-corrected chi connectivity index (χ2v) is 6.28. The molecular weight excluding hydrogens is 307 g/mol. The molecular formula is C19H23FN2O2. The third-order valence-corrected chi connectivity index (χ3v) is 4.48. The number of aromatic hydroxyl groups is 1. The Bertz CT molecular complexity index is 672. The number of nitrogens with zero attached hydrogens (tertiary/aromatic N) is 2. The zero-order valence-electron chi connectivity index (χ0n) is 13.6. The maximum absolute atomic E-state index is 13.7. The Labute approximate surface area is 141 Å². The van der Waals surface area contributed by atoms with Gasteiger partial charge in [0.1, 0.15) is 11.6 Å². The second-order valence-electron chi connectivity index (χ2n) is 6.28. The van der Waals surface area contributed by atoms with E-state index in [1.807, 2.05) is 12.1 Å². The fourth-order valence-electron chi connectivity index (χ4n) is 3.13. The number of aliphatic hydroxyl groups is 1. The van der Waals surface area contributed by atoms with E-state index in [9.17, 15) is 14.6 Å². The molecule has 0 aromatic heterocycles. The molecule has 1 aliphatic heterocycles. The van der Waals surface area contributed by atoms with Gasteiger partial charge in [-0.05, 0) is 23.8 Å². The van der Waals surface area contributed by atoms with E-state index in [1.165, 1.54) is 6.07 Å². The van der Waals surface area contributed by atoms with E-state index in [2.05, 4.69) is 9.80 Å².